The van der Waals surface area contributed by atoms with Gasteiger partial charge in [0.1, 0.15) is 0 Å². The Labute approximate surface area is 67.8 Å². The quantitative estimate of drug-likeness (QED) is 0.690. The molecule has 1 heterocycles. The van der Waals surface area contributed by atoms with Crippen molar-refractivity contribution in [2.24, 2.45) is 0 Å². The highest BCUT2D eigenvalue weighted by molar-refractivity contribution is 7.11. The Morgan fingerprint density at radius 1 is 1.64 bits per heavy atom. The number of hydrogen-bond acceptors (Lipinski definition) is 2. The van der Waals surface area contributed by atoms with Crippen LogP contribution in [0.2, 0.25) is 0 Å². The van der Waals surface area contributed by atoms with Gasteiger partial charge in [-0.1, -0.05) is 0 Å². The molecule has 0 aliphatic heterocycles. The zero-order chi connectivity index (χ0) is 7.84. The second-order valence-corrected chi connectivity index (χ2v) is 3.41. The minimum absolute atomic E-state index is 0.506. The van der Waals surface area contributed by atoms with Crippen molar-refractivity contribution in [3.8, 4) is 0 Å². The van der Waals surface area contributed by atoms with E-state index in [1.54, 1.807) is 17.4 Å². The second-order valence-electron chi connectivity index (χ2n) is 2.46. The van der Waals surface area contributed by atoms with E-state index in [2.05, 4.69) is 0 Å². The number of carboxylic acids is 1. The van der Waals surface area contributed by atoms with Crippen LogP contribution in [0.1, 0.15) is 10.4 Å². The lowest BCUT2D eigenvalue weighted by atomic mass is 10.2. The van der Waals surface area contributed by atoms with E-state index in [4.69, 9.17) is 5.11 Å². The number of hydrogen-bond donors (Lipinski definition) is 1. The van der Waals surface area contributed by atoms with Gasteiger partial charge >= 0.3 is 5.97 Å². The van der Waals surface area contributed by atoms with E-state index in [9.17, 15) is 4.79 Å². The molecule has 0 spiro atoms. The molecule has 1 N–H and O–H groups in total. The molecule has 0 atom stereocenters. The van der Waals surface area contributed by atoms with Gasteiger partial charge in [0.05, 0.1) is 0 Å². The van der Waals surface area contributed by atoms with Crippen molar-refractivity contribution in [3.05, 3.63) is 27.5 Å². The van der Waals surface area contributed by atoms with E-state index in [0.717, 1.165) is 10.4 Å². The summed E-state index contributed by atoms with van der Waals surface area (Å²) in [6.07, 6.45) is 2.34. The lowest BCUT2D eigenvalue weighted by molar-refractivity contribution is -0.132. The Morgan fingerprint density at radius 3 is 3.09 bits per heavy atom. The maximum absolute atomic E-state index is 10.5. The molecule has 0 bridgehead atoms. The molecule has 2 rings (SSSR count). The van der Waals surface area contributed by atoms with Gasteiger partial charge in [-0.05, 0) is 23.1 Å². The Bertz CT molecular complexity index is 336. The third-order valence-electron chi connectivity index (χ3n) is 1.74. The molecule has 0 saturated heterocycles. The summed E-state index contributed by atoms with van der Waals surface area (Å²) in [5.41, 5.74) is 1.65. The van der Waals surface area contributed by atoms with Gasteiger partial charge in [-0.2, -0.15) is 0 Å². The first-order valence-corrected chi connectivity index (χ1v) is 4.15. The van der Waals surface area contributed by atoms with Crippen molar-refractivity contribution in [2.45, 2.75) is 6.42 Å². The van der Waals surface area contributed by atoms with Gasteiger partial charge in [-0.25, -0.2) is 4.79 Å². The third kappa shape index (κ3) is 0.973. The number of carbonyl (C=O) groups is 1. The van der Waals surface area contributed by atoms with Crippen molar-refractivity contribution >= 4 is 23.4 Å². The minimum atomic E-state index is -0.798. The SMILES string of the molecule is O=C(O)C1=Cc2sccc2C1. The molecular weight excluding hydrogens is 160 g/mol. The molecule has 1 aromatic rings. The first-order chi connectivity index (χ1) is 5.27. The third-order valence-corrected chi connectivity index (χ3v) is 2.65. The topological polar surface area (TPSA) is 37.3 Å². The van der Waals surface area contributed by atoms with Crippen molar-refractivity contribution in [1.29, 1.82) is 0 Å². The molecule has 1 aliphatic rings. The molecule has 3 heteroatoms. The summed E-state index contributed by atoms with van der Waals surface area (Å²) in [5.74, 6) is -0.798. The fourth-order valence-electron chi connectivity index (χ4n) is 1.17. The highest BCUT2D eigenvalue weighted by Crippen LogP contribution is 2.29. The molecule has 0 aromatic carbocycles. The molecular formula is C8H6O2S. The Morgan fingerprint density at radius 2 is 2.45 bits per heavy atom. The number of thiophene rings is 1. The smallest absolute Gasteiger partial charge is 0.331 e. The molecule has 11 heavy (non-hydrogen) atoms. The van der Waals surface area contributed by atoms with E-state index in [1.165, 1.54) is 0 Å². The largest absolute Gasteiger partial charge is 0.478 e. The molecule has 1 aromatic heterocycles. The molecule has 56 valence electrons. The van der Waals surface area contributed by atoms with Crippen molar-refractivity contribution in [1.82, 2.24) is 0 Å². The van der Waals surface area contributed by atoms with Gasteiger partial charge in [0.25, 0.3) is 0 Å². The predicted molar refractivity (Wildman–Crippen MR) is 43.6 cm³/mol. The molecule has 0 fully saturated rings. The number of fused-ring (bicyclic) bond motifs is 1. The summed E-state index contributed by atoms with van der Waals surface area (Å²) in [4.78, 5) is 11.6. The van der Waals surface area contributed by atoms with Crippen molar-refractivity contribution in [3.63, 3.8) is 0 Å². The monoisotopic (exact) mass is 166 g/mol. The van der Waals surface area contributed by atoms with Gasteiger partial charge in [0.2, 0.25) is 0 Å². The normalized spacial score (nSPS) is 14.4. The van der Waals surface area contributed by atoms with Gasteiger partial charge in [-0.15, -0.1) is 11.3 Å². The highest BCUT2D eigenvalue weighted by atomic mass is 32.1. The van der Waals surface area contributed by atoms with Crippen molar-refractivity contribution < 1.29 is 9.90 Å². The van der Waals surface area contributed by atoms with Crippen LogP contribution in [0.5, 0.6) is 0 Å². The summed E-state index contributed by atoms with van der Waals surface area (Å²) in [6, 6.07) is 1.98. The van der Waals surface area contributed by atoms with Crippen LogP contribution in [0, 0.1) is 0 Å². The van der Waals surface area contributed by atoms with Gasteiger partial charge in [-0.3, -0.25) is 0 Å². The van der Waals surface area contributed by atoms with E-state index >= 15 is 0 Å². The zero-order valence-electron chi connectivity index (χ0n) is 5.70. The molecule has 0 unspecified atom stereocenters. The fraction of sp³-hybridized carbons (Fsp3) is 0.125. The van der Waals surface area contributed by atoms with E-state index in [-0.39, 0.29) is 0 Å². The Balaban J connectivity index is 2.38. The summed E-state index contributed by atoms with van der Waals surface area (Å²) >= 11 is 1.59. The zero-order valence-corrected chi connectivity index (χ0v) is 6.52. The van der Waals surface area contributed by atoms with E-state index in [0.29, 0.717) is 12.0 Å². The lowest BCUT2D eigenvalue weighted by Crippen LogP contribution is -1.98. The number of carboxylic acid groups (broad SMARTS) is 1. The van der Waals surface area contributed by atoms with Crippen LogP contribution >= 0.6 is 11.3 Å². The Kier molecular flexibility index (Phi) is 1.32. The predicted octanol–water partition coefficient (Wildman–Crippen LogP) is 1.77. The van der Waals surface area contributed by atoms with Crippen LogP contribution in [-0.2, 0) is 11.2 Å². The molecule has 0 radical (unpaired) electrons. The standard InChI is InChI=1S/C8H6O2S/c9-8(10)6-3-5-1-2-11-7(5)4-6/h1-2,4H,3H2,(H,9,10). The first kappa shape index (κ1) is 6.61. The molecule has 1 aliphatic carbocycles. The molecule has 0 amide bonds. The Hall–Kier alpha value is -1.09. The van der Waals surface area contributed by atoms with Crippen LogP contribution in [0.15, 0.2) is 17.0 Å². The average Bonchev–Trinajstić information content (AvgIpc) is 2.40. The maximum Gasteiger partial charge on any atom is 0.331 e. The number of rotatable bonds is 1. The summed E-state index contributed by atoms with van der Waals surface area (Å²) in [5, 5.41) is 10.6. The summed E-state index contributed by atoms with van der Waals surface area (Å²) in [7, 11) is 0. The van der Waals surface area contributed by atoms with E-state index < -0.39 is 5.97 Å². The van der Waals surface area contributed by atoms with Crippen LogP contribution in [-0.4, -0.2) is 11.1 Å². The van der Waals surface area contributed by atoms with E-state index in [1.807, 2.05) is 11.4 Å². The van der Waals surface area contributed by atoms with Crippen LogP contribution < -0.4 is 0 Å². The molecule has 2 nitrogen and oxygen atoms in total. The fourth-order valence-corrected chi connectivity index (χ4v) is 2.05. The first-order valence-electron chi connectivity index (χ1n) is 3.27. The summed E-state index contributed by atoms with van der Waals surface area (Å²) in [6.45, 7) is 0. The van der Waals surface area contributed by atoms with Gasteiger partial charge in [0.15, 0.2) is 0 Å². The minimum Gasteiger partial charge on any atom is -0.478 e. The lowest BCUT2D eigenvalue weighted by Gasteiger charge is -1.89. The van der Waals surface area contributed by atoms with Gasteiger partial charge < -0.3 is 5.11 Å². The second kappa shape index (κ2) is 2.20. The average molecular weight is 166 g/mol. The van der Waals surface area contributed by atoms with Crippen LogP contribution in [0.25, 0.3) is 6.08 Å². The van der Waals surface area contributed by atoms with Crippen LogP contribution in [0.3, 0.4) is 0 Å². The van der Waals surface area contributed by atoms with Gasteiger partial charge in [0, 0.05) is 16.9 Å². The van der Waals surface area contributed by atoms with Crippen LogP contribution in [0.4, 0.5) is 0 Å². The highest BCUT2D eigenvalue weighted by Gasteiger charge is 2.17. The maximum atomic E-state index is 10.5. The summed E-state index contributed by atoms with van der Waals surface area (Å²) < 4.78 is 0. The number of aliphatic carboxylic acids is 1. The molecule has 0 saturated carbocycles. The van der Waals surface area contributed by atoms with Crippen molar-refractivity contribution in [2.75, 3.05) is 0 Å².